The third-order valence-corrected chi connectivity index (χ3v) is 5.96. The van der Waals surface area contributed by atoms with Crippen molar-refractivity contribution in [1.82, 2.24) is 5.32 Å². The van der Waals surface area contributed by atoms with Crippen molar-refractivity contribution >= 4 is 59.1 Å². The van der Waals surface area contributed by atoms with Gasteiger partial charge in [-0.05, 0) is 68.6 Å². The van der Waals surface area contributed by atoms with Gasteiger partial charge in [-0.1, -0.05) is 28.9 Å². The number of benzene rings is 1. The molecule has 0 aliphatic rings. The second kappa shape index (κ2) is 7.49. The van der Waals surface area contributed by atoms with Crippen LogP contribution in [0.2, 0.25) is 0 Å². The topological polar surface area (TPSA) is 12.0 Å². The average Bonchev–Trinajstić information content (AvgIpc) is 2.72. The van der Waals surface area contributed by atoms with Crippen LogP contribution in [-0.2, 0) is 0 Å². The summed E-state index contributed by atoms with van der Waals surface area (Å²) in [7, 11) is 0. The van der Waals surface area contributed by atoms with Gasteiger partial charge in [-0.25, -0.2) is 4.39 Å². The molecule has 20 heavy (non-hydrogen) atoms. The number of rotatable bonds is 5. The highest BCUT2D eigenvalue weighted by Crippen LogP contribution is 2.40. The van der Waals surface area contributed by atoms with E-state index >= 15 is 0 Å². The lowest BCUT2D eigenvalue weighted by molar-refractivity contribution is 0.544. The monoisotopic (exact) mass is 483 g/mol. The van der Waals surface area contributed by atoms with Gasteiger partial charge < -0.3 is 5.32 Å². The van der Waals surface area contributed by atoms with E-state index in [-0.39, 0.29) is 11.9 Å². The Kier molecular flexibility index (Phi) is 6.23. The van der Waals surface area contributed by atoms with Crippen molar-refractivity contribution < 1.29 is 4.39 Å². The molecule has 0 fully saturated rings. The lowest BCUT2D eigenvalue weighted by atomic mass is 10.0. The summed E-state index contributed by atoms with van der Waals surface area (Å²) in [5.41, 5.74) is 1.69. The van der Waals surface area contributed by atoms with Crippen LogP contribution in [0, 0.1) is 5.82 Å². The number of halogens is 4. The van der Waals surface area contributed by atoms with Crippen molar-refractivity contribution in [2.45, 2.75) is 19.4 Å². The van der Waals surface area contributed by atoms with Crippen molar-refractivity contribution in [3.05, 3.63) is 53.3 Å². The van der Waals surface area contributed by atoms with Gasteiger partial charge in [0, 0.05) is 10.0 Å². The fourth-order valence-electron chi connectivity index (χ4n) is 1.99. The van der Waals surface area contributed by atoms with Gasteiger partial charge in [0.15, 0.2) is 0 Å². The van der Waals surface area contributed by atoms with Gasteiger partial charge in [0.2, 0.25) is 0 Å². The molecule has 1 N–H and O–H groups in total. The summed E-state index contributed by atoms with van der Waals surface area (Å²) >= 11 is 12.1. The summed E-state index contributed by atoms with van der Waals surface area (Å²) in [6.07, 6.45) is 0.992. The highest BCUT2D eigenvalue weighted by molar-refractivity contribution is 9.12. The summed E-state index contributed by atoms with van der Waals surface area (Å²) in [6.45, 7) is 2.92. The van der Waals surface area contributed by atoms with Crippen molar-refractivity contribution in [3.8, 4) is 0 Å². The van der Waals surface area contributed by atoms with Crippen LogP contribution in [0.4, 0.5) is 4.39 Å². The first-order valence-electron chi connectivity index (χ1n) is 6.16. The summed E-state index contributed by atoms with van der Waals surface area (Å²) in [5.74, 6) is -0.206. The quantitative estimate of drug-likeness (QED) is 0.526. The van der Waals surface area contributed by atoms with E-state index in [1.807, 2.05) is 12.1 Å². The molecule has 0 bridgehead atoms. The van der Waals surface area contributed by atoms with E-state index in [2.05, 4.69) is 60.0 Å². The van der Waals surface area contributed by atoms with E-state index in [0.717, 1.165) is 30.6 Å². The van der Waals surface area contributed by atoms with E-state index in [1.165, 1.54) is 6.07 Å². The smallest absolute Gasteiger partial charge is 0.129 e. The Balaban J connectivity index is 2.50. The molecule has 1 aromatic heterocycles. The molecule has 6 heteroatoms. The zero-order chi connectivity index (χ0) is 14.7. The Morgan fingerprint density at radius 2 is 2.05 bits per heavy atom. The standard InChI is InChI=1S/C14H13Br3FNS/c1-2-6-19-13(8-7-11(16)20-14(8)17)12-9(15)4-3-5-10(12)18/h3-5,7,13,19H,2,6H2,1H3. The van der Waals surface area contributed by atoms with Crippen LogP contribution in [0.3, 0.4) is 0 Å². The van der Waals surface area contributed by atoms with Gasteiger partial charge in [0.1, 0.15) is 5.82 Å². The van der Waals surface area contributed by atoms with E-state index in [0.29, 0.717) is 5.56 Å². The van der Waals surface area contributed by atoms with Gasteiger partial charge in [0.25, 0.3) is 0 Å². The predicted octanol–water partition coefficient (Wildman–Crippen LogP) is 6.26. The van der Waals surface area contributed by atoms with Crippen LogP contribution in [-0.4, -0.2) is 6.54 Å². The minimum atomic E-state index is -0.206. The Labute approximate surface area is 147 Å². The first-order chi connectivity index (χ1) is 9.54. The minimum Gasteiger partial charge on any atom is -0.306 e. The van der Waals surface area contributed by atoms with Gasteiger partial charge in [-0.3, -0.25) is 0 Å². The largest absolute Gasteiger partial charge is 0.306 e. The van der Waals surface area contributed by atoms with Crippen molar-refractivity contribution in [2.24, 2.45) is 0 Å². The molecule has 0 aliphatic carbocycles. The molecule has 1 unspecified atom stereocenters. The Bertz CT molecular complexity index is 580. The first-order valence-corrected chi connectivity index (χ1v) is 9.36. The number of hydrogen-bond donors (Lipinski definition) is 1. The molecule has 1 heterocycles. The SMILES string of the molecule is CCCNC(c1cc(Br)sc1Br)c1c(F)cccc1Br. The Hall–Kier alpha value is 0.250. The van der Waals surface area contributed by atoms with Crippen molar-refractivity contribution in [3.63, 3.8) is 0 Å². The molecule has 0 radical (unpaired) electrons. The number of hydrogen-bond acceptors (Lipinski definition) is 2. The average molecular weight is 486 g/mol. The molecule has 0 amide bonds. The third-order valence-electron chi connectivity index (χ3n) is 2.88. The number of nitrogens with one attached hydrogen (secondary N) is 1. The van der Waals surface area contributed by atoms with E-state index in [4.69, 9.17) is 0 Å². The van der Waals surface area contributed by atoms with Gasteiger partial charge in [0.05, 0.1) is 13.6 Å². The second-order valence-electron chi connectivity index (χ2n) is 4.30. The molecule has 108 valence electrons. The Morgan fingerprint density at radius 1 is 1.30 bits per heavy atom. The van der Waals surface area contributed by atoms with Crippen LogP contribution in [0.5, 0.6) is 0 Å². The van der Waals surface area contributed by atoms with Crippen molar-refractivity contribution in [2.75, 3.05) is 6.54 Å². The normalized spacial score (nSPS) is 12.7. The van der Waals surface area contributed by atoms with E-state index < -0.39 is 0 Å². The first kappa shape index (κ1) is 16.6. The fraction of sp³-hybridized carbons (Fsp3) is 0.286. The molecule has 0 saturated carbocycles. The third kappa shape index (κ3) is 3.71. The molecule has 0 aliphatic heterocycles. The zero-order valence-corrected chi connectivity index (χ0v) is 16.3. The van der Waals surface area contributed by atoms with E-state index in [1.54, 1.807) is 17.4 Å². The summed E-state index contributed by atoms with van der Waals surface area (Å²) in [5, 5.41) is 3.42. The molecule has 0 saturated heterocycles. The maximum absolute atomic E-state index is 14.3. The lowest BCUT2D eigenvalue weighted by Gasteiger charge is -2.21. The molecule has 1 aromatic carbocycles. The zero-order valence-electron chi connectivity index (χ0n) is 10.7. The molecule has 0 spiro atoms. The maximum Gasteiger partial charge on any atom is 0.129 e. The number of thiophene rings is 1. The molecule has 2 rings (SSSR count). The lowest BCUT2D eigenvalue weighted by Crippen LogP contribution is -2.24. The van der Waals surface area contributed by atoms with Crippen molar-refractivity contribution in [1.29, 1.82) is 0 Å². The molecule has 2 aromatic rings. The highest BCUT2D eigenvalue weighted by atomic mass is 79.9. The summed E-state index contributed by atoms with van der Waals surface area (Å²) in [6, 6.07) is 6.92. The highest BCUT2D eigenvalue weighted by Gasteiger charge is 2.23. The van der Waals surface area contributed by atoms with Gasteiger partial charge in [-0.2, -0.15) is 0 Å². The summed E-state index contributed by atoms with van der Waals surface area (Å²) in [4.78, 5) is 0. The van der Waals surface area contributed by atoms with Crippen LogP contribution >= 0.6 is 59.1 Å². The van der Waals surface area contributed by atoms with Gasteiger partial charge in [-0.15, -0.1) is 11.3 Å². The minimum absolute atomic E-state index is 0.178. The molecular formula is C14H13Br3FNS. The molecular weight excluding hydrogens is 473 g/mol. The Morgan fingerprint density at radius 3 is 2.60 bits per heavy atom. The maximum atomic E-state index is 14.3. The second-order valence-corrected chi connectivity index (χ2v) is 8.91. The predicted molar refractivity (Wildman–Crippen MR) is 94.0 cm³/mol. The van der Waals surface area contributed by atoms with Crippen LogP contribution in [0.25, 0.3) is 0 Å². The molecule has 1 atom stereocenters. The van der Waals surface area contributed by atoms with Crippen LogP contribution < -0.4 is 5.32 Å². The van der Waals surface area contributed by atoms with Crippen LogP contribution in [0.15, 0.2) is 36.3 Å². The molecule has 1 nitrogen and oxygen atoms in total. The fourth-order valence-corrected chi connectivity index (χ4v) is 5.47. The van der Waals surface area contributed by atoms with E-state index in [9.17, 15) is 4.39 Å². The summed E-state index contributed by atoms with van der Waals surface area (Å²) < 4.78 is 17.1. The van der Waals surface area contributed by atoms with Gasteiger partial charge >= 0.3 is 0 Å². The van der Waals surface area contributed by atoms with Crippen LogP contribution in [0.1, 0.15) is 30.5 Å².